The van der Waals surface area contributed by atoms with Gasteiger partial charge in [-0.05, 0) is 32.6 Å². The van der Waals surface area contributed by atoms with Crippen LogP contribution in [0.1, 0.15) is 32.6 Å². The zero-order valence-corrected chi connectivity index (χ0v) is 6.18. The molecule has 2 fully saturated rings. The van der Waals surface area contributed by atoms with Crippen LogP contribution in [0.3, 0.4) is 0 Å². The summed E-state index contributed by atoms with van der Waals surface area (Å²) in [4.78, 5) is 0. The molecular formula is C8H11NO. The number of rotatable bonds is 0. The molecule has 2 saturated heterocycles. The number of fused-ring (bicyclic) bond motifs is 2. The van der Waals surface area contributed by atoms with Crippen molar-refractivity contribution in [2.24, 2.45) is 0 Å². The van der Waals surface area contributed by atoms with Crippen LogP contribution in [0.25, 0.3) is 0 Å². The molecule has 0 aliphatic carbocycles. The Hall–Kier alpha value is -0.550. The minimum atomic E-state index is -0.380. The highest BCUT2D eigenvalue weighted by Gasteiger charge is 2.53. The number of hydrogen-bond acceptors (Lipinski definition) is 2. The number of nitrogens with zero attached hydrogens (tertiary/aromatic N) is 1. The van der Waals surface area contributed by atoms with Gasteiger partial charge in [-0.2, -0.15) is 5.26 Å². The highest BCUT2D eigenvalue weighted by Crippen LogP contribution is 2.49. The predicted octanol–water partition coefficient (Wildman–Crippen LogP) is 1.61. The van der Waals surface area contributed by atoms with E-state index in [0.29, 0.717) is 0 Å². The maximum Gasteiger partial charge on any atom is 0.155 e. The highest BCUT2D eigenvalue weighted by molar-refractivity contribution is 5.14. The maximum atomic E-state index is 8.78. The third kappa shape index (κ3) is 0.615. The molecular weight excluding hydrogens is 126 g/mol. The Kier molecular flexibility index (Phi) is 0.952. The van der Waals surface area contributed by atoms with E-state index in [1.165, 1.54) is 0 Å². The van der Waals surface area contributed by atoms with E-state index in [1.54, 1.807) is 0 Å². The molecule has 0 unspecified atom stereocenters. The third-order valence-corrected chi connectivity index (χ3v) is 2.76. The van der Waals surface area contributed by atoms with E-state index in [9.17, 15) is 0 Å². The summed E-state index contributed by atoms with van der Waals surface area (Å²) in [5.41, 5.74) is -0.329. The molecule has 2 heteroatoms. The number of nitriles is 1. The van der Waals surface area contributed by atoms with Gasteiger partial charge in [-0.15, -0.1) is 0 Å². The molecule has 2 bridgehead atoms. The lowest BCUT2D eigenvalue weighted by Crippen LogP contribution is -2.21. The van der Waals surface area contributed by atoms with Gasteiger partial charge in [-0.25, -0.2) is 0 Å². The van der Waals surface area contributed by atoms with Crippen LogP contribution >= 0.6 is 0 Å². The van der Waals surface area contributed by atoms with E-state index in [4.69, 9.17) is 10.00 Å². The molecule has 2 aliphatic heterocycles. The van der Waals surface area contributed by atoms with E-state index >= 15 is 0 Å². The second-order valence-corrected chi connectivity index (χ2v) is 3.66. The smallest absolute Gasteiger partial charge is 0.155 e. The summed E-state index contributed by atoms with van der Waals surface area (Å²) in [5.74, 6) is 0. The normalized spacial score (nSPS) is 51.2. The molecule has 0 N–H and O–H groups in total. The van der Waals surface area contributed by atoms with Crippen molar-refractivity contribution in [2.75, 3.05) is 0 Å². The van der Waals surface area contributed by atoms with Gasteiger partial charge in [-0.3, -0.25) is 0 Å². The quantitative estimate of drug-likeness (QED) is 0.508. The molecule has 0 atom stereocenters. The lowest BCUT2D eigenvalue weighted by molar-refractivity contribution is -0.00624. The molecule has 54 valence electrons. The summed E-state index contributed by atoms with van der Waals surface area (Å²) in [6.45, 7) is 2.11. The Labute approximate surface area is 60.8 Å². The van der Waals surface area contributed by atoms with Crippen LogP contribution in [0.2, 0.25) is 0 Å². The van der Waals surface area contributed by atoms with E-state index in [-0.39, 0.29) is 11.2 Å². The van der Waals surface area contributed by atoms with Gasteiger partial charge in [0.25, 0.3) is 0 Å². The van der Waals surface area contributed by atoms with Crippen molar-refractivity contribution in [3.63, 3.8) is 0 Å². The summed E-state index contributed by atoms with van der Waals surface area (Å²) in [6.07, 6.45) is 4.03. The Balaban J connectivity index is 2.29. The summed E-state index contributed by atoms with van der Waals surface area (Å²) in [7, 11) is 0. The first-order valence-corrected chi connectivity index (χ1v) is 3.80. The highest BCUT2D eigenvalue weighted by atomic mass is 16.5. The Morgan fingerprint density at radius 2 is 1.90 bits per heavy atom. The minimum Gasteiger partial charge on any atom is -0.354 e. The molecule has 0 aromatic rings. The van der Waals surface area contributed by atoms with E-state index in [1.807, 2.05) is 0 Å². The topological polar surface area (TPSA) is 33.0 Å². The van der Waals surface area contributed by atoms with Crippen molar-refractivity contribution in [1.29, 1.82) is 5.26 Å². The Morgan fingerprint density at radius 3 is 2.10 bits per heavy atom. The van der Waals surface area contributed by atoms with Crippen LogP contribution in [-0.2, 0) is 4.74 Å². The fraction of sp³-hybridized carbons (Fsp3) is 0.875. The first-order valence-electron chi connectivity index (χ1n) is 3.80. The Bertz CT molecular complexity index is 196. The van der Waals surface area contributed by atoms with Crippen molar-refractivity contribution in [2.45, 2.75) is 43.8 Å². The lowest BCUT2D eigenvalue weighted by Gasteiger charge is -2.15. The van der Waals surface area contributed by atoms with Crippen molar-refractivity contribution < 1.29 is 4.74 Å². The second-order valence-electron chi connectivity index (χ2n) is 3.66. The molecule has 2 rings (SSSR count). The van der Waals surface area contributed by atoms with Gasteiger partial charge in [0.2, 0.25) is 0 Å². The average molecular weight is 137 g/mol. The summed E-state index contributed by atoms with van der Waals surface area (Å²) in [5, 5.41) is 8.78. The van der Waals surface area contributed by atoms with Crippen LogP contribution < -0.4 is 0 Å². The molecule has 0 spiro atoms. The molecule has 0 saturated carbocycles. The zero-order chi connectivity index (χ0) is 7.24. The fourth-order valence-corrected chi connectivity index (χ4v) is 1.99. The van der Waals surface area contributed by atoms with Crippen molar-refractivity contribution in [3.05, 3.63) is 0 Å². The monoisotopic (exact) mass is 137 g/mol. The van der Waals surface area contributed by atoms with Crippen LogP contribution in [0.4, 0.5) is 0 Å². The van der Waals surface area contributed by atoms with E-state index < -0.39 is 0 Å². The Morgan fingerprint density at radius 1 is 1.30 bits per heavy atom. The van der Waals surface area contributed by atoms with E-state index in [0.717, 1.165) is 25.7 Å². The molecule has 0 aromatic carbocycles. The first kappa shape index (κ1) is 6.18. The van der Waals surface area contributed by atoms with Gasteiger partial charge in [-0.1, -0.05) is 0 Å². The van der Waals surface area contributed by atoms with Gasteiger partial charge in [0, 0.05) is 0 Å². The molecule has 2 heterocycles. The summed E-state index contributed by atoms with van der Waals surface area (Å²) >= 11 is 0. The van der Waals surface area contributed by atoms with Gasteiger partial charge in [0.05, 0.1) is 11.7 Å². The summed E-state index contributed by atoms with van der Waals surface area (Å²) in [6, 6.07) is 2.27. The lowest BCUT2D eigenvalue weighted by atomic mass is 9.84. The van der Waals surface area contributed by atoms with Gasteiger partial charge >= 0.3 is 0 Å². The predicted molar refractivity (Wildman–Crippen MR) is 36.3 cm³/mol. The standard InChI is InChI=1S/C8H11NO/c1-7-2-4-8(6-9,10-7)5-3-7/h2-5H2,1H3. The third-order valence-electron chi connectivity index (χ3n) is 2.76. The van der Waals surface area contributed by atoms with E-state index in [2.05, 4.69) is 13.0 Å². The number of hydrogen-bond donors (Lipinski definition) is 0. The second kappa shape index (κ2) is 1.54. The molecule has 0 amide bonds. The summed E-state index contributed by atoms with van der Waals surface area (Å²) < 4.78 is 5.64. The van der Waals surface area contributed by atoms with Crippen LogP contribution in [-0.4, -0.2) is 11.2 Å². The maximum absolute atomic E-state index is 8.78. The SMILES string of the molecule is CC12CCC(C#N)(CC1)O2. The molecule has 0 radical (unpaired) electrons. The van der Waals surface area contributed by atoms with Crippen molar-refractivity contribution in [3.8, 4) is 6.07 Å². The molecule has 0 aromatic heterocycles. The number of ether oxygens (including phenoxy) is 1. The van der Waals surface area contributed by atoms with Gasteiger partial charge in [0.15, 0.2) is 5.60 Å². The fourth-order valence-electron chi connectivity index (χ4n) is 1.99. The van der Waals surface area contributed by atoms with Gasteiger partial charge < -0.3 is 4.74 Å². The zero-order valence-electron chi connectivity index (χ0n) is 6.18. The molecule has 2 aliphatic rings. The van der Waals surface area contributed by atoms with Crippen LogP contribution in [0.15, 0.2) is 0 Å². The molecule has 2 nitrogen and oxygen atoms in total. The van der Waals surface area contributed by atoms with Crippen molar-refractivity contribution >= 4 is 0 Å². The molecule has 10 heavy (non-hydrogen) atoms. The van der Waals surface area contributed by atoms with Crippen LogP contribution in [0, 0.1) is 11.3 Å². The van der Waals surface area contributed by atoms with Crippen molar-refractivity contribution in [1.82, 2.24) is 0 Å². The largest absolute Gasteiger partial charge is 0.354 e. The minimum absolute atomic E-state index is 0.0513. The van der Waals surface area contributed by atoms with Gasteiger partial charge in [0.1, 0.15) is 0 Å². The average Bonchev–Trinajstić information content (AvgIpc) is 2.42. The van der Waals surface area contributed by atoms with Crippen LogP contribution in [0.5, 0.6) is 0 Å². The first-order chi connectivity index (χ1) is 4.68.